The van der Waals surface area contributed by atoms with Gasteiger partial charge in [-0.1, -0.05) is 30.3 Å². The maximum atomic E-state index is 13.8. The first kappa shape index (κ1) is 19.6. The lowest BCUT2D eigenvalue weighted by Gasteiger charge is -2.33. The lowest BCUT2D eigenvalue weighted by molar-refractivity contribution is 0.0997. The van der Waals surface area contributed by atoms with Gasteiger partial charge >= 0.3 is 0 Å². The summed E-state index contributed by atoms with van der Waals surface area (Å²) in [5, 5.41) is 0. The quantitative estimate of drug-likeness (QED) is 0.621. The molecular formula is C24H23NO5. The molecule has 154 valence electrons. The number of methoxy groups -OCH3 is 4. The zero-order valence-electron chi connectivity index (χ0n) is 17.4. The maximum Gasteiger partial charge on any atom is 0.263 e. The number of benzene rings is 3. The van der Waals surface area contributed by atoms with Crippen LogP contribution in [-0.4, -0.2) is 34.3 Å². The number of ether oxygens (including phenoxy) is 4. The van der Waals surface area contributed by atoms with E-state index in [-0.39, 0.29) is 5.91 Å². The normalized spacial score (nSPS) is 11.9. The fourth-order valence-corrected chi connectivity index (χ4v) is 3.88. The molecule has 30 heavy (non-hydrogen) atoms. The van der Waals surface area contributed by atoms with Crippen LogP contribution < -0.4 is 23.8 Å². The smallest absolute Gasteiger partial charge is 0.263 e. The van der Waals surface area contributed by atoms with Crippen LogP contribution in [0.2, 0.25) is 0 Å². The van der Waals surface area contributed by atoms with Crippen molar-refractivity contribution in [2.45, 2.75) is 6.42 Å². The minimum absolute atomic E-state index is 0.216. The van der Waals surface area contributed by atoms with E-state index in [4.69, 9.17) is 18.9 Å². The number of nitrogens with zero attached hydrogens (tertiary/aromatic N) is 1. The van der Waals surface area contributed by atoms with Crippen LogP contribution in [0.5, 0.6) is 23.0 Å². The Balaban J connectivity index is 1.92. The van der Waals surface area contributed by atoms with Crippen molar-refractivity contribution >= 4 is 17.3 Å². The third-order valence-corrected chi connectivity index (χ3v) is 5.25. The summed E-state index contributed by atoms with van der Waals surface area (Å²) in [6.45, 7) is 0. The van der Waals surface area contributed by atoms with Gasteiger partial charge in [0, 0.05) is 12.0 Å². The molecule has 0 aliphatic carbocycles. The molecule has 0 atom stereocenters. The average molecular weight is 405 g/mol. The van der Waals surface area contributed by atoms with Crippen LogP contribution in [-0.2, 0) is 6.42 Å². The van der Waals surface area contributed by atoms with E-state index in [0.717, 1.165) is 28.9 Å². The molecule has 1 heterocycles. The molecule has 3 aromatic rings. The van der Waals surface area contributed by atoms with Crippen LogP contribution in [0.3, 0.4) is 0 Å². The number of fused-ring (bicyclic) bond motifs is 2. The van der Waals surface area contributed by atoms with Gasteiger partial charge < -0.3 is 18.9 Å². The van der Waals surface area contributed by atoms with Crippen LogP contribution >= 0.6 is 0 Å². The molecule has 1 amide bonds. The van der Waals surface area contributed by atoms with Crippen molar-refractivity contribution < 1.29 is 23.7 Å². The highest BCUT2D eigenvalue weighted by atomic mass is 16.5. The summed E-state index contributed by atoms with van der Waals surface area (Å²) < 4.78 is 21.9. The van der Waals surface area contributed by atoms with Crippen molar-refractivity contribution in [2.24, 2.45) is 0 Å². The highest BCUT2D eigenvalue weighted by molar-refractivity contribution is 6.13. The summed E-state index contributed by atoms with van der Waals surface area (Å²) in [5.74, 6) is 1.71. The summed E-state index contributed by atoms with van der Waals surface area (Å²) in [6.07, 6.45) is 0.724. The number of anilines is 2. The van der Waals surface area contributed by atoms with Gasteiger partial charge in [0.15, 0.2) is 11.5 Å². The van der Waals surface area contributed by atoms with E-state index < -0.39 is 0 Å². The molecule has 6 heteroatoms. The third-order valence-electron chi connectivity index (χ3n) is 5.25. The molecule has 4 rings (SSSR count). The number of carbonyl (C=O) groups excluding carboxylic acids is 1. The lowest BCUT2D eigenvalue weighted by atomic mass is 9.94. The van der Waals surface area contributed by atoms with Gasteiger partial charge in [-0.25, -0.2) is 0 Å². The summed E-state index contributed by atoms with van der Waals surface area (Å²) in [5.41, 5.74) is 4.08. The summed E-state index contributed by atoms with van der Waals surface area (Å²) in [7, 11) is 6.20. The van der Waals surface area contributed by atoms with Gasteiger partial charge in [0.05, 0.1) is 39.8 Å². The first-order chi connectivity index (χ1) is 14.6. The van der Waals surface area contributed by atoms with Gasteiger partial charge in [-0.15, -0.1) is 0 Å². The minimum Gasteiger partial charge on any atom is -0.495 e. The van der Waals surface area contributed by atoms with E-state index in [9.17, 15) is 4.79 Å². The van der Waals surface area contributed by atoms with E-state index >= 15 is 0 Å². The van der Waals surface area contributed by atoms with Crippen LogP contribution in [0.1, 0.15) is 21.5 Å². The van der Waals surface area contributed by atoms with Crippen molar-refractivity contribution in [1.82, 2.24) is 0 Å². The Morgan fingerprint density at radius 1 is 0.767 bits per heavy atom. The molecule has 0 bridgehead atoms. The third kappa shape index (κ3) is 3.10. The predicted octanol–water partition coefficient (Wildman–Crippen LogP) is 4.60. The Labute approximate surface area is 175 Å². The van der Waals surface area contributed by atoms with Gasteiger partial charge in [-0.2, -0.15) is 0 Å². The molecule has 1 aliphatic heterocycles. The Kier molecular flexibility index (Phi) is 5.23. The topological polar surface area (TPSA) is 57.2 Å². The second kappa shape index (κ2) is 7.99. The molecule has 1 aliphatic rings. The molecule has 6 nitrogen and oxygen atoms in total. The number of amides is 1. The number of para-hydroxylation sites is 2. The van der Waals surface area contributed by atoms with E-state index in [1.165, 1.54) is 21.3 Å². The van der Waals surface area contributed by atoms with Crippen molar-refractivity contribution in [1.29, 1.82) is 0 Å². The van der Waals surface area contributed by atoms with Crippen LogP contribution in [0, 0.1) is 0 Å². The summed E-state index contributed by atoms with van der Waals surface area (Å²) in [4.78, 5) is 15.5. The van der Waals surface area contributed by atoms with Crippen molar-refractivity contribution in [3.8, 4) is 23.0 Å². The molecule has 0 N–H and O–H groups in total. The van der Waals surface area contributed by atoms with E-state index in [1.54, 1.807) is 24.1 Å². The predicted molar refractivity (Wildman–Crippen MR) is 115 cm³/mol. The van der Waals surface area contributed by atoms with E-state index in [1.807, 2.05) is 42.5 Å². The Hall–Kier alpha value is -3.67. The highest BCUT2D eigenvalue weighted by Gasteiger charge is 2.32. The number of carbonyl (C=O) groups is 1. The zero-order valence-corrected chi connectivity index (χ0v) is 17.4. The Bertz CT molecular complexity index is 1080. The minimum atomic E-state index is -0.216. The number of hydrogen-bond donors (Lipinski definition) is 0. The standard InChI is InChI=1S/C24H23NO5/c1-27-19-11-7-9-16-12-15-8-5-6-10-18(15)25(22(16)19)24(26)17-13-20(28-2)23(30-4)21(14-17)29-3/h5-11,13-14H,12H2,1-4H3. The van der Waals surface area contributed by atoms with Gasteiger partial charge in [-0.05, 0) is 35.4 Å². The Morgan fingerprint density at radius 2 is 1.40 bits per heavy atom. The maximum absolute atomic E-state index is 13.8. The highest BCUT2D eigenvalue weighted by Crippen LogP contribution is 2.46. The lowest BCUT2D eigenvalue weighted by Crippen LogP contribution is -2.30. The molecule has 0 saturated carbocycles. The number of hydrogen-bond acceptors (Lipinski definition) is 5. The van der Waals surface area contributed by atoms with Crippen LogP contribution in [0.15, 0.2) is 54.6 Å². The zero-order chi connectivity index (χ0) is 21.3. The van der Waals surface area contributed by atoms with E-state index in [2.05, 4.69) is 0 Å². The average Bonchev–Trinajstić information content (AvgIpc) is 2.80. The van der Waals surface area contributed by atoms with Gasteiger partial charge in [0.2, 0.25) is 5.75 Å². The van der Waals surface area contributed by atoms with Gasteiger partial charge in [-0.3, -0.25) is 9.69 Å². The second-order valence-corrected chi connectivity index (χ2v) is 6.83. The molecule has 0 spiro atoms. The van der Waals surface area contributed by atoms with Gasteiger partial charge in [0.25, 0.3) is 5.91 Å². The summed E-state index contributed by atoms with van der Waals surface area (Å²) in [6, 6.07) is 17.0. The summed E-state index contributed by atoms with van der Waals surface area (Å²) >= 11 is 0. The van der Waals surface area contributed by atoms with E-state index in [0.29, 0.717) is 28.6 Å². The SMILES string of the molecule is COc1cc(C(=O)N2c3ccccc3Cc3cccc(OC)c32)cc(OC)c1OC. The fourth-order valence-electron chi connectivity index (χ4n) is 3.88. The van der Waals surface area contributed by atoms with Gasteiger partial charge in [0.1, 0.15) is 5.75 Å². The monoisotopic (exact) mass is 405 g/mol. The molecule has 0 fully saturated rings. The van der Waals surface area contributed by atoms with Crippen molar-refractivity contribution in [3.05, 3.63) is 71.3 Å². The van der Waals surface area contributed by atoms with Crippen molar-refractivity contribution in [2.75, 3.05) is 33.3 Å². The molecule has 0 saturated heterocycles. The fraction of sp³-hybridized carbons (Fsp3) is 0.208. The van der Waals surface area contributed by atoms with Crippen molar-refractivity contribution in [3.63, 3.8) is 0 Å². The molecule has 0 unspecified atom stereocenters. The second-order valence-electron chi connectivity index (χ2n) is 6.83. The van der Waals surface area contributed by atoms with Crippen LogP contribution in [0.25, 0.3) is 0 Å². The first-order valence-corrected chi connectivity index (χ1v) is 9.51. The molecule has 3 aromatic carbocycles. The van der Waals surface area contributed by atoms with Crippen LogP contribution in [0.4, 0.5) is 11.4 Å². The molecule has 0 aromatic heterocycles. The molecule has 0 radical (unpaired) electrons. The molecular weight excluding hydrogens is 382 g/mol. The number of rotatable bonds is 5. The first-order valence-electron chi connectivity index (χ1n) is 9.51. The largest absolute Gasteiger partial charge is 0.495 e. The Morgan fingerprint density at radius 3 is 2.03 bits per heavy atom.